The van der Waals surface area contributed by atoms with E-state index in [-0.39, 0.29) is 5.95 Å². The van der Waals surface area contributed by atoms with Crippen molar-refractivity contribution in [2.75, 3.05) is 30.0 Å². The van der Waals surface area contributed by atoms with Gasteiger partial charge in [0, 0.05) is 19.7 Å². The third-order valence-electron chi connectivity index (χ3n) is 1.99. The average molecular weight is 195 g/mol. The first-order chi connectivity index (χ1) is 6.63. The fourth-order valence-electron chi connectivity index (χ4n) is 1.18. The first kappa shape index (κ1) is 10.6. The smallest absolute Gasteiger partial charge is 0.223 e. The molecule has 4 N–H and O–H groups in total. The van der Waals surface area contributed by atoms with Crippen LogP contribution >= 0.6 is 0 Å². The van der Waals surface area contributed by atoms with Crippen molar-refractivity contribution < 1.29 is 0 Å². The molecular formula is C9H17N5. The van der Waals surface area contributed by atoms with E-state index in [0.29, 0.717) is 5.82 Å². The Balaban J connectivity index is 2.73. The fraction of sp³-hybridized carbons (Fsp3) is 0.556. The lowest BCUT2D eigenvalue weighted by Gasteiger charge is -2.17. The van der Waals surface area contributed by atoms with E-state index in [1.54, 1.807) is 6.07 Å². The number of nitrogens with zero attached hydrogens (tertiary/aromatic N) is 3. The molecule has 14 heavy (non-hydrogen) atoms. The van der Waals surface area contributed by atoms with E-state index < -0.39 is 0 Å². The van der Waals surface area contributed by atoms with Gasteiger partial charge in [0.1, 0.15) is 11.6 Å². The molecule has 0 atom stereocenters. The van der Waals surface area contributed by atoms with Gasteiger partial charge in [-0.25, -0.2) is 0 Å². The molecule has 1 aromatic rings. The monoisotopic (exact) mass is 195 g/mol. The molecule has 1 heterocycles. The molecule has 0 saturated heterocycles. The summed E-state index contributed by atoms with van der Waals surface area (Å²) in [5, 5.41) is 0. The molecule has 0 bridgehead atoms. The van der Waals surface area contributed by atoms with Gasteiger partial charge in [0.25, 0.3) is 0 Å². The van der Waals surface area contributed by atoms with Crippen LogP contribution in [0.2, 0.25) is 0 Å². The second-order valence-electron chi connectivity index (χ2n) is 3.28. The number of nitrogens with two attached hydrogens (primary N) is 2. The van der Waals surface area contributed by atoms with E-state index >= 15 is 0 Å². The van der Waals surface area contributed by atoms with Crippen LogP contribution in [0.3, 0.4) is 0 Å². The first-order valence-corrected chi connectivity index (χ1v) is 4.74. The van der Waals surface area contributed by atoms with Crippen LogP contribution in [0.15, 0.2) is 6.07 Å². The Bertz CT molecular complexity index is 279. The van der Waals surface area contributed by atoms with Gasteiger partial charge >= 0.3 is 0 Å². The molecule has 5 nitrogen and oxygen atoms in total. The van der Waals surface area contributed by atoms with E-state index in [2.05, 4.69) is 16.9 Å². The van der Waals surface area contributed by atoms with Gasteiger partial charge in [-0.2, -0.15) is 9.97 Å². The second-order valence-corrected chi connectivity index (χ2v) is 3.28. The Kier molecular flexibility index (Phi) is 3.50. The number of hydrogen-bond donors (Lipinski definition) is 2. The van der Waals surface area contributed by atoms with Gasteiger partial charge in [0.2, 0.25) is 5.95 Å². The second kappa shape index (κ2) is 4.64. The van der Waals surface area contributed by atoms with Crippen LogP contribution in [-0.2, 0) is 0 Å². The van der Waals surface area contributed by atoms with Crippen molar-refractivity contribution in [2.45, 2.75) is 19.8 Å². The summed E-state index contributed by atoms with van der Waals surface area (Å²) in [6.45, 7) is 3.10. The Hall–Kier alpha value is -1.52. The van der Waals surface area contributed by atoms with Crippen molar-refractivity contribution in [3.63, 3.8) is 0 Å². The van der Waals surface area contributed by atoms with E-state index in [1.807, 2.05) is 11.9 Å². The van der Waals surface area contributed by atoms with Crippen LogP contribution in [-0.4, -0.2) is 23.6 Å². The van der Waals surface area contributed by atoms with Crippen molar-refractivity contribution in [1.82, 2.24) is 9.97 Å². The van der Waals surface area contributed by atoms with Gasteiger partial charge in [-0.15, -0.1) is 0 Å². The maximum Gasteiger partial charge on any atom is 0.223 e. The third kappa shape index (κ3) is 2.76. The number of hydrogen-bond acceptors (Lipinski definition) is 5. The number of nitrogen functional groups attached to an aromatic ring is 2. The van der Waals surface area contributed by atoms with E-state index in [0.717, 1.165) is 25.2 Å². The van der Waals surface area contributed by atoms with Crippen molar-refractivity contribution in [2.24, 2.45) is 0 Å². The minimum absolute atomic E-state index is 0.225. The normalized spacial score (nSPS) is 10.1. The van der Waals surface area contributed by atoms with Crippen molar-refractivity contribution in [3.05, 3.63) is 6.07 Å². The summed E-state index contributed by atoms with van der Waals surface area (Å²) in [6.07, 6.45) is 2.28. The standard InChI is InChI=1S/C9H17N5/c1-3-4-5-14(2)8-6-7(10)12-9(11)13-8/h6H,3-5H2,1-2H3,(H4,10,11,12,13). The third-order valence-corrected chi connectivity index (χ3v) is 1.99. The zero-order valence-corrected chi connectivity index (χ0v) is 8.70. The largest absolute Gasteiger partial charge is 0.383 e. The molecule has 0 saturated carbocycles. The van der Waals surface area contributed by atoms with Crippen molar-refractivity contribution in [1.29, 1.82) is 0 Å². The van der Waals surface area contributed by atoms with Gasteiger partial charge in [0.05, 0.1) is 0 Å². The van der Waals surface area contributed by atoms with Crippen molar-refractivity contribution in [3.8, 4) is 0 Å². The highest BCUT2D eigenvalue weighted by Crippen LogP contribution is 2.13. The van der Waals surface area contributed by atoms with Crippen LogP contribution in [0.25, 0.3) is 0 Å². The lowest BCUT2D eigenvalue weighted by Crippen LogP contribution is -2.20. The minimum Gasteiger partial charge on any atom is -0.383 e. The van der Waals surface area contributed by atoms with Crippen molar-refractivity contribution >= 4 is 17.6 Å². The maximum absolute atomic E-state index is 5.57. The van der Waals surface area contributed by atoms with Gasteiger partial charge in [-0.05, 0) is 6.42 Å². The SMILES string of the molecule is CCCCN(C)c1cc(N)nc(N)n1. The summed E-state index contributed by atoms with van der Waals surface area (Å²) in [4.78, 5) is 9.94. The molecule has 0 radical (unpaired) electrons. The molecule has 0 aromatic carbocycles. The summed E-state index contributed by atoms with van der Waals surface area (Å²) < 4.78 is 0. The van der Waals surface area contributed by atoms with E-state index in [1.165, 1.54) is 0 Å². The molecule has 5 heteroatoms. The molecule has 0 aliphatic rings. The summed E-state index contributed by atoms with van der Waals surface area (Å²) in [5.41, 5.74) is 11.1. The van der Waals surface area contributed by atoms with Gasteiger partial charge in [0.15, 0.2) is 0 Å². The lowest BCUT2D eigenvalue weighted by molar-refractivity contribution is 0.759. The summed E-state index contributed by atoms with van der Waals surface area (Å²) in [5.74, 6) is 1.42. The molecule has 0 amide bonds. The van der Waals surface area contributed by atoms with Crippen LogP contribution in [0, 0.1) is 0 Å². The first-order valence-electron chi connectivity index (χ1n) is 4.74. The summed E-state index contributed by atoms with van der Waals surface area (Å²) in [6, 6.07) is 1.73. The topological polar surface area (TPSA) is 81.1 Å². The summed E-state index contributed by atoms with van der Waals surface area (Å²) in [7, 11) is 1.97. The number of aromatic nitrogens is 2. The quantitative estimate of drug-likeness (QED) is 0.745. The number of unbranched alkanes of at least 4 members (excludes halogenated alkanes) is 1. The molecule has 1 rings (SSSR count). The zero-order chi connectivity index (χ0) is 10.6. The maximum atomic E-state index is 5.57. The highest BCUT2D eigenvalue weighted by Gasteiger charge is 2.04. The average Bonchev–Trinajstić information content (AvgIpc) is 2.12. The van der Waals surface area contributed by atoms with Crippen LogP contribution in [0.1, 0.15) is 19.8 Å². The Labute approximate surface area is 84.1 Å². The van der Waals surface area contributed by atoms with Gasteiger partial charge in [-0.3, -0.25) is 0 Å². The van der Waals surface area contributed by atoms with Gasteiger partial charge < -0.3 is 16.4 Å². The Morgan fingerprint density at radius 3 is 2.64 bits per heavy atom. The predicted molar refractivity (Wildman–Crippen MR) is 59.0 cm³/mol. The molecular weight excluding hydrogens is 178 g/mol. The van der Waals surface area contributed by atoms with Crippen LogP contribution in [0.5, 0.6) is 0 Å². The highest BCUT2D eigenvalue weighted by molar-refractivity contribution is 5.49. The molecule has 0 aliphatic heterocycles. The molecule has 0 spiro atoms. The molecule has 0 fully saturated rings. The minimum atomic E-state index is 0.225. The zero-order valence-electron chi connectivity index (χ0n) is 8.70. The number of rotatable bonds is 4. The highest BCUT2D eigenvalue weighted by atomic mass is 15.2. The Morgan fingerprint density at radius 2 is 2.07 bits per heavy atom. The van der Waals surface area contributed by atoms with Gasteiger partial charge in [-0.1, -0.05) is 13.3 Å². The summed E-state index contributed by atoms with van der Waals surface area (Å²) >= 11 is 0. The van der Waals surface area contributed by atoms with E-state index in [4.69, 9.17) is 11.5 Å². The van der Waals surface area contributed by atoms with Crippen LogP contribution < -0.4 is 16.4 Å². The lowest BCUT2D eigenvalue weighted by atomic mass is 10.3. The number of anilines is 3. The predicted octanol–water partition coefficient (Wildman–Crippen LogP) is 0.877. The molecule has 0 aliphatic carbocycles. The Morgan fingerprint density at radius 1 is 1.36 bits per heavy atom. The molecule has 1 aromatic heterocycles. The van der Waals surface area contributed by atoms with Crippen LogP contribution in [0.4, 0.5) is 17.6 Å². The fourth-order valence-corrected chi connectivity index (χ4v) is 1.18. The van der Waals surface area contributed by atoms with E-state index in [9.17, 15) is 0 Å². The molecule has 0 unspecified atom stereocenters. The molecule has 78 valence electrons.